The summed E-state index contributed by atoms with van der Waals surface area (Å²) >= 11 is 1.82. The summed E-state index contributed by atoms with van der Waals surface area (Å²) in [6, 6.07) is 155. The van der Waals surface area contributed by atoms with E-state index in [2.05, 4.69) is 425 Å². The quantitative estimate of drug-likeness (QED) is 0.0968. The highest BCUT2D eigenvalue weighted by Gasteiger charge is 2.36. The molecule has 22 aromatic rings. The molecule has 712 valence electrons. The second-order valence-electron chi connectivity index (χ2n) is 41.8. The van der Waals surface area contributed by atoms with Gasteiger partial charge in [0.15, 0.2) is 40.8 Å². The van der Waals surface area contributed by atoms with Crippen LogP contribution in [0.2, 0.25) is 0 Å². The van der Waals surface area contributed by atoms with Gasteiger partial charge in [-0.15, -0.1) is 11.3 Å². The van der Waals surface area contributed by atoms with Crippen LogP contribution < -0.4 is 0 Å². The van der Waals surface area contributed by atoms with E-state index < -0.39 is 0 Å². The number of hydrogen-bond donors (Lipinski definition) is 0. The van der Waals surface area contributed by atoms with Crippen LogP contribution in [0.4, 0.5) is 0 Å². The molecule has 0 saturated heterocycles. The van der Waals surface area contributed by atoms with Crippen LogP contribution in [0.3, 0.4) is 0 Å². The average Bonchev–Trinajstić information content (AvgIpc) is 1.58. The van der Waals surface area contributed by atoms with Gasteiger partial charge < -0.3 is 0 Å². The van der Waals surface area contributed by atoms with Crippen molar-refractivity contribution in [1.29, 1.82) is 0 Å². The first-order valence-corrected chi connectivity index (χ1v) is 50.8. The molecular weight excluding hydrogens is 1800 g/mol. The average molecular weight is 1910 g/mol. The summed E-state index contributed by atoms with van der Waals surface area (Å²) in [6.07, 6.45) is 0. The molecule has 0 unspecified atom stereocenters. The summed E-state index contributed by atoms with van der Waals surface area (Å²) < 4.78 is 2.43. The van der Waals surface area contributed by atoms with E-state index in [1.165, 1.54) is 93.5 Å². The molecule has 11 nitrogen and oxygen atoms in total. The Morgan fingerprint density at radius 2 is 0.432 bits per heavy atom. The molecule has 17 aromatic carbocycles. The molecule has 5 aromatic heterocycles. The molecule has 0 fully saturated rings. The molecule has 0 spiro atoms. The van der Waals surface area contributed by atoms with Crippen molar-refractivity contribution in [2.45, 2.75) is 124 Å². The second-order valence-corrected chi connectivity index (χ2v) is 42.9. The van der Waals surface area contributed by atoms with E-state index in [0.717, 1.165) is 118 Å². The summed E-state index contributed by atoms with van der Waals surface area (Å²) in [7, 11) is 0. The Kier molecular flexibility index (Phi) is 27.2. The molecule has 0 N–H and O–H groups in total. The van der Waals surface area contributed by atoms with E-state index in [9.17, 15) is 0 Å². The third-order valence-electron chi connectivity index (χ3n) is 26.5. The van der Waals surface area contributed by atoms with Gasteiger partial charge in [0.05, 0.1) is 15.9 Å². The van der Waals surface area contributed by atoms with E-state index >= 15 is 0 Å². The van der Waals surface area contributed by atoms with Gasteiger partial charge in [0, 0.05) is 76.3 Å². The van der Waals surface area contributed by atoms with Crippen LogP contribution in [0.15, 0.2) is 443 Å². The first kappa shape index (κ1) is 96.6. The van der Waals surface area contributed by atoms with Gasteiger partial charge >= 0.3 is 0 Å². The Morgan fingerprint density at radius 1 is 0.178 bits per heavy atom. The third-order valence-corrected chi connectivity index (χ3v) is 27.7. The summed E-state index contributed by atoms with van der Waals surface area (Å²) in [6.45, 7) is 30.7. The van der Waals surface area contributed by atoms with Gasteiger partial charge in [0.2, 0.25) is 0 Å². The van der Waals surface area contributed by atoms with Crippen LogP contribution in [-0.2, 0) is 27.1 Å². The second kappa shape index (κ2) is 41.2. The predicted octanol–water partition coefficient (Wildman–Crippen LogP) is 35.0. The number of aromatic nitrogens is 11. The molecular formula is C134H115N11S. The SMILES string of the molecule is CC(C)(C)c1cccc2c1sc1c(-c3cccc(-c4cccc(-c5ccccc5)c4)c3)nc(-c3ccccc3)nc12.CC(C)(C)c1nc(-c2ccccc2)nc(-c2ccc3c(c2)C(C)(C)c2ccccc2-3)n1.CC(C)(C)c1nc(-c2ccccc2)nc(-c2cccc(-c3cc(-c4ccccc4)cc(-c4ccccc4)c3)c2)n1.CC(C)(C)c1nc(-c2ccccc2)nc(-c2cccc(-c3cccc(-c4ccccc4)c3)c2)n1. The van der Waals surface area contributed by atoms with E-state index in [4.69, 9.17) is 54.8 Å². The molecule has 1 aliphatic carbocycles. The zero-order valence-electron chi connectivity index (χ0n) is 85.0. The van der Waals surface area contributed by atoms with Gasteiger partial charge in [-0.1, -0.05) is 485 Å². The maximum absolute atomic E-state index is 5.23. The highest BCUT2D eigenvalue weighted by atomic mass is 32.1. The number of benzene rings is 17. The number of nitrogens with zero attached hydrogens (tertiary/aromatic N) is 11. The predicted molar refractivity (Wildman–Crippen MR) is 608 cm³/mol. The molecule has 12 heteroatoms. The van der Waals surface area contributed by atoms with E-state index in [0.29, 0.717) is 23.3 Å². The van der Waals surface area contributed by atoms with E-state index in [-0.39, 0.29) is 27.1 Å². The third kappa shape index (κ3) is 21.4. The van der Waals surface area contributed by atoms with Gasteiger partial charge in [-0.2, -0.15) is 0 Å². The van der Waals surface area contributed by atoms with Gasteiger partial charge in [-0.05, 0) is 166 Å². The van der Waals surface area contributed by atoms with Gasteiger partial charge in [-0.25, -0.2) is 54.8 Å². The Hall–Kier alpha value is -16.9. The lowest BCUT2D eigenvalue weighted by Crippen LogP contribution is -2.18. The number of thiophene rings is 1. The molecule has 23 rings (SSSR count). The fourth-order valence-electron chi connectivity index (χ4n) is 18.6. The monoisotopic (exact) mass is 1910 g/mol. The standard InChI is InChI=1S/C38H30N2S.C37H31N3.C31H27N3.C28H27N3/c1-38(2,3)32-22-12-21-31-34-36(41-35(31)32)33(39-37(40-34)26-15-8-5-9-16-26)30-20-11-19-29(24-30)28-18-10-17-27(23-28)25-13-6-4-7-14-25;1-37(2,3)36-39-34(28-18-11-6-12-19-28)38-35(40-36)30-21-13-20-29(22-30)33-24-31(26-14-7-4-8-15-26)23-32(25-33)27-16-9-5-10-17-27;1-31(2,3)30-33-28(23-14-8-5-9-15-23)32-29(34-30)27-19-11-18-26(21-27)25-17-10-16-24(20-25)22-12-6-4-7-13-22;1-27(2,3)26-30-24(18-11-7-6-8-12-18)29-25(31-26)19-15-16-21-20-13-9-10-14-22(20)28(4,5)23(21)17-19/h4-24H,1-3H3;4-25H,1-3H3;4-21H,1-3H3;6-17H,1-5H3. The molecule has 0 atom stereocenters. The molecule has 5 heterocycles. The van der Waals surface area contributed by atoms with Crippen LogP contribution >= 0.6 is 11.3 Å². The van der Waals surface area contributed by atoms with Crippen molar-refractivity contribution in [2.24, 2.45) is 0 Å². The Morgan fingerprint density at radius 3 is 0.795 bits per heavy atom. The first-order chi connectivity index (χ1) is 70.6. The van der Waals surface area contributed by atoms with Crippen LogP contribution in [-0.4, -0.2) is 54.8 Å². The Balaban J connectivity index is 0.000000119. The van der Waals surface area contributed by atoms with Crippen molar-refractivity contribution in [3.05, 3.63) is 477 Å². The maximum atomic E-state index is 5.23. The number of rotatable bonds is 15. The molecule has 0 radical (unpaired) electrons. The summed E-state index contributed by atoms with van der Waals surface area (Å²) in [5, 5.41) is 1.20. The number of fused-ring (bicyclic) bond motifs is 6. The van der Waals surface area contributed by atoms with Crippen LogP contribution in [0, 0.1) is 0 Å². The lowest BCUT2D eigenvalue weighted by atomic mass is 9.82. The van der Waals surface area contributed by atoms with Crippen molar-refractivity contribution >= 4 is 31.6 Å². The van der Waals surface area contributed by atoms with Crippen molar-refractivity contribution in [1.82, 2.24) is 54.8 Å². The lowest BCUT2D eigenvalue weighted by molar-refractivity contribution is 0.543. The molecule has 0 bridgehead atoms. The molecule has 0 aliphatic heterocycles. The molecule has 0 amide bonds. The maximum Gasteiger partial charge on any atom is 0.163 e. The first-order valence-electron chi connectivity index (χ1n) is 50.0. The smallest absolute Gasteiger partial charge is 0.163 e. The van der Waals surface area contributed by atoms with E-state index in [1.807, 2.05) is 127 Å². The van der Waals surface area contributed by atoms with E-state index in [1.54, 1.807) is 0 Å². The van der Waals surface area contributed by atoms with Gasteiger partial charge in [0.25, 0.3) is 0 Å². The fraction of sp³-hybridized carbons (Fsp3) is 0.142. The van der Waals surface area contributed by atoms with Crippen molar-refractivity contribution in [3.8, 4) is 180 Å². The minimum atomic E-state index is -0.215. The Bertz CT molecular complexity index is 8380. The molecule has 1 aliphatic rings. The van der Waals surface area contributed by atoms with Crippen molar-refractivity contribution in [2.75, 3.05) is 0 Å². The minimum absolute atomic E-state index is 0.0277. The van der Waals surface area contributed by atoms with Gasteiger partial charge in [-0.3, -0.25) is 0 Å². The zero-order valence-corrected chi connectivity index (χ0v) is 85.8. The minimum Gasteiger partial charge on any atom is -0.226 e. The largest absolute Gasteiger partial charge is 0.226 e. The van der Waals surface area contributed by atoms with Crippen molar-refractivity contribution in [3.63, 3.8) is 0 Å². The zero-order chi connectivity index (χ0) is 101. The van der Waals surface area contributed by atoms with Crippen LogP contribution in [0.5, 0.6) is 0 Å². The molecule has 0 saturated carbocycles. The number of hydrogen-bond acceptors (Lipinski definition) is 12. The Labute approximate surface area is 861 Å². The molecule has 146 heavy (non-hydrogen) atoms. The summed E-state index contributed by atoms with van der Waals surface area (Å²) in [5.74, 6) is 7.34. The summed E-state index contributed by atoms with van der Waals surface area (Å²) in [5.41, 5.74) is 32.7. The topological polar surface area (TPSA) is 142 Å². The van der Waals surface area contributed by atoms with Gasteiger partial charge in [0.1, 0.15) is 17.5 Å². The highest BCUT2D eigenvalue weighted by Crippen LogP contribution is 2.51. The highest BCUT2D eigenvalue weighted by molar-refractivity contribution is 7.26. The normalized spacial score (nSPS) is 12.1. The van der Waals surface area contributed by atoms with Crippen LogP contribution in [0.25, 0.3) is 200 Å². The fourth-order valence-corrected chi connectivity index (χ4v) is 20.1. The van der Waals surface area contributed by atoms with Crippen LogP contribution in [0.1, 0.15) is 131 Å². The lowest BCUT2D eigenvalue weighted by Gasteiger charge is -2.22. The summed E-state index contributed by atoms with van der Waals surface area (Å²) in [4.78, 5) is 54.3. The van der Waals surface area contributed by atoms with Crippen molar-refractivity contribution < 1.29 is 0 Å².